The van der Waals surface area contributed by atoms with Crippen LogP contribution in [0.1, 0.15) is 34.8 Å². The number of piperidine rings is 1. The van der Waals surface area contributed by atoms with Crippen molar-refractivity contribution in [2.75, 3.05) is 18.0 Å². The highest BCUT2D eigenvalue weighted by Gasteiger charge is 2.36. The van der Waals surface area contributed by atoms with Crippen LogP contribution in [0.4, 0.5) is 5.69 Å². The second kappa shape index (κ2) is 4.09. The molecule has 0 radical (unpaired) electrons. The lowest BCUT2D eigenvalue weighted by atomic mass is 9.84. The number of carboxylic acids is 1. The minimum absolute atomic E-state index is 0.319. The van der Waals surface area contributed by atoms with E-state index >= 15 is 0 Å². The molecular formula is C15H13ClN2O2. The third-order valence-electron chi connectivity index (χ3n) is 4.37. The van der Waals surface area contributed by atoms with Crippen molar-refractivity contribution in [2.24, 2.45) is 0 Å². The van der Waals surface area contributed by atoms with Crippen LogP contribution < -0.4 is 4.90 Å². The molecule has 1 saturated heterocycles. The number of nitrogens with zero attached hydrogens (tertiary/aromatic N) is 2. The lowest BCUT2D eigenvalue weighted by molar-refractivity contribution is 0.0699. The van der Waals surface area contributed by atoms with Gasteiger partial charge in [0.2, 0.25) is 0 Å². The van der Waals surface area contributed by atoms with E-state index in [4.69, 9.17) is 16.6 Å². The van der Waals surface area contributed by atoms with E-state index in [-0.39, 0.29) is 0 Å². The quantitative estimate of drug-likeness (QED) is 0.875. The molecule has 4 heterocycles. The van der Waals surface area contributed by atoms with Crippen molar-refractivity contribution in [2.45, 2.75) is 18.8 Å². The number of carboxylic acid groups (broad SMARTS) is 1. The summed E-state index contributed by atoms with van der Waals surface area (Å²) >= 11 is 6.23. The maximum absolute atomic E-state index is 11.8. The van der Waals surface area contributed by atoms with Gasteiger partial charge in [-0.05, 0) is 25.0 Å². The molecule has 5 rings (SSSR count). The highest BCUT2D eigenvalue weighted by atomic mass is 35.5. The van der Waals surface area contributed by atoms with Gasteiger partial charge in [0.05, 0.1) is 27.5 Å². The lowest BCUT2D eigenvalue weighted by Crippen LogP contribution is -2.40. The van der Waals surface area contributed by atoms with Gasteiger partial charge in [-0.15, -0.1) is 0 Å². The van der Waals surface area contributed by atoms with Gasteiger partial charge < -0.3 is 10.0 Å². The van der Waals surface area contributed by atoms with E-state index in [2.05, 4.69) is 4.90 Å². The Morgan fingerprint density at radius 2 is 2.10 bits per heavy atom. The standard InChI is InChI=1S/C15H13ClN2O2/c16-9-2-1-3-10-11(9)12(15(19)20)14-13(17-10)8-4-6-18(14)7-5-8/h1-3,8H,4-7H2,(H,19,20). The van der Waals surface area contributed by atoms with E-state index < -0.39 is 5.97 Å². The normalized spacial score (nSPS) is 17.6. The van der Waals surface area contributed by atoms with Crippen molar-refractivity contribution in [3.05, 3.63) is 34.5 Å². The van der Waals surface area contributed by atoms with Crippen molar-refractivity contribution < 1.29 is 9.90 Å². The van der Waals surface area contributed by atoms with E-state index in [0.29, 0.717) is 27.4 Å². The maximum atomic E-state index is 11.8. The molecule has 3 aliphatic heterocycles. The van der Waals surface area contributed by atoms with Gasteiger partial charge in [-0.25, -0.2) is 4.79 Å². The molecule has 0 amide bonds. The zero-order valence-electron chi connectivity index (χ0n) is 10.8. The number of aromatic carboxylic acids is 1. The van der Waals surface area contributed by atoms with Gasteiger partial charge in [0.15, 0.2) is 0 Å². The number of hydrogen-bond acceptors (Lipinski definition) is 3. The molecule has 5 heteroatoms. The molecule has 0 unspecified atom stereocenters. The first-order valence-electron chi connectivity index (χ1n) is 6.77. The molecule has 4 nitrogen and oxygen atoms in total. The van der Waals surface area contributed by atoms with Crippen molar-refractivity contribution in [3.63, 3.8) is 0 Å². The van der Waals surface area contributed by atoms with Crippen LogP contribution in [0.3, 0.4) is 0 Å². The highest BCUT2D eigenvalue weighted by Crippen LogP contribution is 2.45. The largest absolute Gasteiger partial charge is 0.478 e. The number of pyridine rings is 1. The number of halogens is 1. The van der Waals surface area contributed by atoms with Gasteiger partial charge in [0, 0.05) is 24.4 Å². The summed E-state index contributed by atoms with van der Waals surface area (Å²) in [7, 11) is 0. The summed E-state index contributed by atoms with van der Waals surface area (Å²) in [6.07, 6.45) is 2.12. The molecule has 3 aliphatic rings. The number of aromatic nitrogens is 1. The fourth-order valence-corrected chi connectivity index (χ4v) is 3.74. The van der Waals surface area contributed by atoms with Gasteiger partial charge in [0.1, 0.15) is 0 Å². The lowest BCUT2D eigenvalue weighted by Gasteiger charge is -2.42. The minimum atomic E-state index is -0.922. The topological polar surface area (TPSA) is 53.4 Å². The molecule has 1 fully saturated rings. The van der Waals surface area contributed by atoms with E-state index in [1.165, 1.54) is 0 Å². The summed E-state index contributed by atoms with van der Waals surface area (Å²) < 4.78 is 0. The van der Waals surface area contributed by atoms with Crippen molar-refractivity contribution >= 4 is 34.2 Å². The minimum Gasteiger partial charge on any atom is -0.478 e. The number of benzene rings is 1. The zero-order chi connectivity index (χ0) is 13.9. The number of rotatable bonds is 1. The first kappa shape index (κ1) is 12.0. The Balaban J connectivity index is 2.17. The Morgan fingerprint density at radius 3 is 2.80 bits per heavy atom. The van der Waals surface area contributed by atoms with Gasteiger partial charge >= 0.3 is 5.97 Å². The second-order valence-corrected chi connectivity index (χ2v) is 5.83. The maximum Gasteiger partial charge on any atom is 0.338 e. The summed E-state index contributed by atoms with van der Waals surface area (Å²) in [5.74, 6) is -0.536. The Bertz CT molecular complexity index is 736. The van der Waals surface area contributed by atoms with Gasteiger partial charge in [0.25, 0.3) is 0 Å². The average molecular weight is 289 g/mol. The first-order valence-corrected chi connectivity index (χ1v) is 7.15. The zero-order valence-corrected chi connectivity index (χ0v) is 11.5. The fourth-order valence-electron chi connectivity index (χ4n) is 3.47. The summed E-state index contributed by atoms with van der Waals surface area (Å²) in [6.45, 7) is 1.82. The predicted molar refractivity (Wildman–Crippen MR) is 77.9 cm³/mol. The van der Waals surface area contributed by atoms with Crippen LogP contribution in [0.2, 0.25) is 5.02 Å². The van der Waals surface area contributed by atoms with E-state index in [0.717, 1.165) is 37.3 Å². The van der Waals surface area contributed by atoms with Crippen molar-refractivity contribution in [3.8, 4) is 0 Å². The molecule has 0 aliphatic carbocycles. The van der Waals surface area contributed by atoms with Crippen LogP contribution >= 0.6 is 11.6 Å². The highest BCUT2D eigenvalue weighted by molar-refractivity contribution is 6.37. The third kappa shape index (κ3) is 1.48. The van der Waals surface area contributed by atoms with Crippen LogP contribution in [0.15, 0.2) is 18.2 Å². The molecule has 1 aromatic heterocycles. The van der Waals surface area contributed by atoms with E-state index in [1.54, 1.807) is 6.07 Å². The smallest absolute Gasteiger partial charge is 0.338 e. The van der Waals surface area contributed by atoms with Gasteiger partial charge in [-0.2, -0.15) is 0 Å². The number of carbonyl (C=O) groups is 1. The fraction of sp³-hybridized carbons (Fsp3) is 0.333. The van der Waals surface area contributed by atoms with Crippen LogP contribution in [-0.4, -0.2) is 29.1 Å². The Morgan fingerprint density at radius 1 is 1.35 bits per heavy atom. The second-order valence-electron chi connectivity index (χ2n) is 5.42. The Kier molecular flexibility index (Phi) is 2.45. The van der Waals surface area contributed by atoms with Crippen LogP contribution in [0.5, 0.6) is 0 Å². The predicted octanol–water partition coefficient (Wildman–Crippen LogP) is 3.28. The number of hydrogen-bond donors (Lipinski definition) is 1. The first-order chi connectivity index (χ1) is 9.66. The summed E-state index contributed by atoms with van der Waals surface area (Å²) in [5, 5.41) is 10.7. The molecule has 0 saturated carbocycles. The molecule has 0 atom stereocenters. The van der Waals surface area contributed by atoms with Crippen LogP contribution in [0, 0.1) is 0 Å². The number of anilines is 1. The van der Waals surface area contributed by atoms with E-state index in [1.807, 2.05) is 12.1 Å². The summed E-state index contributed by atoms with van der Waals surface area (Å²) in [5.41, 5.74) is 2.73. The van der Waals surface area contributed by atoms with Gasteiger partial charge in [-0.3, -0.25) is 4.98 Å². The average Bonchev–Trinajstić information content (AvgIpc) is 2.46. The molecule has 2 bridgehead atoms. The summed E-state index contributed by atoms with van der Waals surface area (Å²) in [6, 6.07) is 5.38. The molecule has 1 aromatic carbocycles. The molecule has 102 valence electrons. The van der Waals surface area contributed by atoms with E-state index in [9.17, 15) is 9.90 Å². The third-order valence-corrected chi connectivity index (χ3v) is 4.69. The van der Waals surface area contributed by atoms with Crippen molar-refractivity contribution in [1.82, 2.24) is 4.98 Å². The molecule has 1 N–H and O–H groups in total. The Labute approximate surface area is 121 Å². The molecular weight excluding hydrogens is 276 g/mol. The molecule has 0 spiro atoms. The SMILES string of the molecule is O=C(O)c1c2c(nc3cccc(Cl)c13)C1CCN2CC1. The molecule has 2 aromatic rings. The Hall–Kier alpha value is -1.81. The van der Waals surface area contributed by atoms with Crippen molar-refractivity contribution in [1.29, 1.82) is 0 Å². The summed E-state index contributed by atoms with van der Waals surface area (Å²) in [4.78, 5) is 18.7. The van der Waals surface area contributed by atoms with Crippen LogP contribution in [-0.2, 0) is 0 Å². The van der Waals surface area contributed by atoms with Crippen LogP contribution in [0.25, 0.3) is 10.9 Å². The van der Waals surface area contributed by atoms with Gasteiger partial charge in [-0.1, -0.05) is 17.7 Å². The monoisotopic (exact) mass is 288 g/mol. The number of fused-ring (bicyclic) bond motifs is 3. The molecule has 20 heavy (non-hydrogen) atoms.